The second-order valence-corrected chi connectivity index (χ2v) is 5.53. The van der Waals surface area contributed by atoms with Gasteiger partial charge in [-0.2, -0.15) is 0 Å². The van der Waals surface area contributed by atoms with Crippen LogP contribution in [0.1, 0.15) is 44.9 Å². The molecule has 1 aliphatic carbocycles. The number of nitrogens with two attached hydrogens (primary N) is 1. The summed E-state index contributed by atoms with van der Waals surface area (Å²) in [7, 11) is 1.26. The molecule has 1 rings (SSSR count). The highest BCUT2D eigenvalue weighted by atomic mass is 16.5. The fourth-order valence-electron chi connectivity index (χ4n) is 2.67. The summed E-state index contributed by atoms with van der Waals surface area (Å²) in [5.41, 5.74) is 5.50. The molecule has 2 atom stereocenters. The number of aliphatic carboxylic acids is 1. The van der Waals surface area contributed by atoms with Crippen LogP contribution in [0.4, 0.5) is 0 Å². The number of rotatable bonds is 7. The predicted octanol–water partition coefficient (Wildman–Crippen LogP) is 0.417. The van der Waals surface area contributed by atoms with Gasteiger partial charge in [-0.3, -0.25) is 9.59 Å². The highest BCUT2D eigenvalue weighted by Gasteiger charge is 2.28. The summed E-state index contributed by atoms with van der Waals surface area (Å²) in [5, 5.41) is 11.2. The fourth-order valence-corrected chi connectivity index (χ4v) is 2.67. The lowest BCUT2D eigenvalue weighted by molar-refractivity contribution is -0.146. The Morgan fingerprint density at radius 3 is 2.43 bits per heavy atom. The lowest BCUT2D eigenvalue weighted by Gasteiger charge is -2.26. The lowest BCUT2D eigenvalue weighted by atomic mass is 9.84. The van der Waals surface area contributed by atoms with Crippen LogP contribution < -0.4 is 11.1 Å². The third-order valence-corrected chi connectivity index (χ3v) is 3.83. The smallest absolute Gasteiger partial charge is 0.328 e. The Morgan fingerprint density at radius 2 is 1.90 bits per heavy atom. The van der Waals surface area contributed by atoms with Crippen LogP contribution in [0.15, 0.2) is 0 Å². The van der Waals surface area contributed by atoms with Gasteiger partial charge >= 0.3 is 11.9 Å². The van der Waals surface area contributed by atoms with Gasteiger partial charge in [-0.1, -0.05) is 32.1 Å². The summed E-state index contributed by atoms with van der Waals surface area (Å²) in [4.78, 5) is 34.2. The van der Waals surface area contributed by atoms with Crippen LogP contribution in [-0.4, -0.2) is 42.1 Å². The molecule has 4 N–H and O–H groups in total. The highest BCUT2D eigenvalue weighted by molar-refractivity contribution is 5.89. The number of hydrogen-bond donors (Lipinski definition) is 3. The molecular formula is C14H24N2O5. The predicted molar refractivity (Wildman–Crippen MR) is 75.4 cm³/mol. The minimum absolute atomic E-state index is 0.374. The van der Waals surface area contributed by atoms with Crippen molar-refractivity contribution in [2.24, 2.45) is 11.7 Å². The zero-order valence-electron chi connectivity index (χ0n) is 12.3. The van der Waals surface area contributed by atoms with Crippen LogP contribution in [0.25, 0.3) is 0 Å². The van der Waals surface area contributed by atoms with Crippen LogP contribution in [0.5, 0.6) is 0 Å². The Kier molecular flexibility index (Phi) is 7.14. The van der Waals surface area contributed by atoms with Crippen LogP contribution in [0.3, 0.4) is 0 Å². The van der Waals surface area contributed by atoms with E-state index in [0.29, 0.717) is 12.3 Å². The van der Waals surface area contributed by atoms with Crippen LogP contribution in [-0.2, 0) is 19.1 Å². The number of amides is 1. The second kappa shape index (κ2) is 8.61. The van der Waals surface area contributed by atoms with Crippen molar-refractivity contribution in [1.29, 1.82) is 0 Å². The maximum Gasteiger partial charge on any atom is 0.328 e. The summed E-state index contributed by atoms with van der Waals surface area (Å²) in [6, 6.07) is -1.92. The Labute approximate surface area is 124 Å². The quantitative estimate of drug-likeness (QED) is 0.586. The van der Waals surface area contributed by atoms with E-state index in [-0.39, 0.29) is 0 Å². The Hall–Kier alpha value is -1.63. The van der Waals surface area contributed by atoms with Crippen LogP contribution in [0.2, 0.25) is 0 Å². The van der Waals surface area contributed by atoms with E-state index < -0.39 is 36.4 Å². The maximum atomic E-state index is 11.8. The number of esters is 1. The summed E-state index contributed by atoms with van der Waals surface area (Å²) < 4.78 is 4.70. The Bertz CT molecular complexity index is 380. The third-order valence-electron chi connectivity index (χ3n) is 3.83. The molecule has 21 heavy (non-hydrogen) atoms. The van der Waals surface area contributed by atoms with Gasteiger partial charge in [0.15, 0.2) is 0 Å². The molecule has 1 fully saturated rings. The van der Waals surface area contributed by atoms with Gasteiger partial charge in [-0.05, 0) is 12.3 Å². The van der Waals surface area contributed by atoms with Crippen molar-refractivity contribution in [3.8, 4) is 0 Å². The van der Waals surface area contributed by atoms with Crippen molar-refractivity contribution in [2.45, 2.75) is 57.0 Å². The van der Waals surface area contributed by atoms with Gasteiger partial charge in [0.2, 0.25) is 5.91 Å². The third kappa shape index (κ3) is 6.12. The van der Waals surface area contributed by atoms with E-state index in [9.17, 15) is 14.4 Å². The van der Waals surface area contributed by atoms with E-state index in [4.69, 9.17) is 15.6 Å². The van der Waals surface area contributed by atoms with Crippen molar-refractivity contribution < 1.29 is 24.2 Å². The number of hydrogen-bond acceptors (Lipinski definition) is 5. The normalized spacial score (nSPS) is 18.6. The Morgan fingerprint density at radius 1 is 1.29 bits per heavy atom. The molecule has 0 aromatic heterocycles. The average molecular weight is 300 g/mol. The molecule has 1 saturated carbocycles. The van der Waals surface area contributed by atoms with Gasteiger partial charge in [0, 0.05) is 0 Å². The second-order valence-electron chi connectivity index (χ2n) is 5.53. The molecule has 0 aliphatic heterocycles. The number of carboxylic acid groups (broad SMARTS) is 1. The van der Waals surface area contributed by atoms with Gasteiger partial charge in [-0.15, -0.1) is 0 Å². The van der Waals surface area contributed by atoms with Gasteiger partial charge in [0.05, 0.1) is 19.6 Å². The number of carboxylic acids is 1. The van der Waals surface area contributed by atoms with E-state index in [1.165, 1.54) is 13.5 Å². The molecule has 7 heteroatoms. The molecule has 0 aromatic rings. The molecule has 1 amide bonds. The van der Waals surface area contributed by atoms with Gasteiger partial charge in [-0.25, -0.2) is 4.79 Å². The monoisotopic (exact) mass is 300 g/mol. The van der Waals surface area contributed by atoms with Gasteiger partial charge in [0.1, 0.15) is 6.04 Å². The standard InChI is InChI=1S/C14H24N2O5/c1-21-14(20)11(7-9-5-3-2-4-6-9)16-13(19)10(15)8-12(17)18/h9-11H,2-8,15H2,1H3,(H,16,19)(H,17,18)/t10-,11-/m0/s1. The molecule has 0 heterocycles. The molecule has 0 bridgehead atoms. The number of nitrogens with one attached hydrogen (secondary N) is 1. The number of methoxy groups -OCH3 is 1. The summed E-state index contributed by atoms with van der Waals surface area (Å²) in [6.45, 7) is 0. The van der Waals surface area contributed by atoms with Crippen molar-refractivity contribution in [1.82, 2.24) is 5.32 Å². The van der Waals surface area contributed by atoms with Gasteiger partial charge in [0.25, 0.3) is 0 Å². The van der Waals surface area contributed by atoms with E-state index in [1.54, 1.807) is 0 Å². The highest BCUT2D eigenvalue weighted by Crippen LogP contribution is 2.27. The molecule has 120 valence electrons. The first-order valence-corrected chi connectivity index (χ1v) is 7.29. The van der Waals surface area contributed by atoms with Crippen molar-refractivity contribution in [2.75, 3.05) is 7.11 Å². The first kappa shape index (κ1) is 17.4. The average Bonchev–Trinajstić information content (AvgIpc) is 2.46. The van der Waals surface area contributed by atoms with E-state index in [2.05, 4.69) is 5.32 Å². The molecule has 0 aromatic carbocycles. The van der Waals surface area contributed by atoms with Crippen molar-refractivity contribution in [3.05, 3.63) is 0 Å². The lowest BCUT2D eigenvalue weighted by Crippen LogP contribution is -2.50. The SMILES string of the molecule is COC(=O)[C@H](CC1CCCCC1)NC(=O)[C@@H](N)CC(=O)O. The van der Waals surface area contributed by atoms with Crippen LogP contribution in [0, 0.1) is 5.92 Å². The van der Waals surface area contributed by atoms with E-state index >= 15 is 0 Å². The minimum atomic E-state index is -1.17. The minimum Gasteiger partial charge on any atom is -0.481 e. The molecule has 1 aliphatic rings. The molecule has 0 saturated heterocycles. The molecular weight excluding hydrogens is 276 g/mol. The van der Waals surface area contributed by atoms with E-state index in [0.717, 1.165) is 25.7 Å². The van der Waals surface area contributed by atoms with E-state index in [1.807, 2.05) is 0 Å². The summed E-state index contributed by atoms with van der Waals surface area (Å²) >= 11 is 0. The number of carbonyl (C=O) groups is 3. The molecule has 7 nitrogen and oxygen atoms in total. The zero-order valence-corrected chi connectivity index (χ0v) is 12.3. The topological polar surface area (TPSA) is 119 Å². The molecule has 0 unspecified atom stereocenters. The first-order chi connectivity index (χ1) is 9.93. The maximum absolute atomic E-state index is 11.8. The fraction of sp³-hybridized carbons (Fsp3) is 0.786. The van der Waals surface area contributed by atoms with Crippen molar-refractivity contribution in [3.63, 3.8) is 0 Å². The molecule has 0 radical (unpaired) electrons. The van der Waals surface area contributed by atoms with Crippen molar-refractivity contribution >= 4 is 17.8 Å². The number of carbonyl (C=O) groups excluding carboxylic acids is 2. The number of ether oxygens (including phenoxy) is 1. The first-order valence-electron chi connectivity index (χ1n) is 7.29. The summed E-state index contributed by atoms with van der Waals surface area (Å²) in [5.74, 6) is -1.93. The zero-order chi connectivity index (χ0) is 15.8. The van der Waals surface area contributed by atoms with Gasteiger partial charge < -0.3 is 20.9 Å². The van der Waals surface area contributed by atoms with Crippen LogP contribution >= 0.6 is 0 Å². The molecule has 0 spiro atoms. The Balaban J connectivity index is 2.58. The summed E-state index contributed by atoms with van der Waals surface area (Å²) in [6.07, 6.45) is 5.57. The largest absolute Gasteiger partial charge is 0.481 e.